The highest BCUT2D eigenvalue weighted by Crippen LogP contribution is 2.59. The highest BCUT2D eigenvalue weighted by atomic mass is 35.5. The Balaban J connectivity index is 1.88. The van der Waals surface area contributed by atoms with Crippen molar-refractivity contribution < 1.29 is 27.0 Å². The average molecular weight is 544 g/mol. The summed E-state index contributed by atoms with van der Waals surface area (Å²) < 4.78 is 54.4. The van der Waals surface area contributed by atoms with Gasteiger partial charge in [-0.25, -0.2) is 17.2 Å². The third-order valence-electron chi connectivity index (χ3n) is 6.04. The fourth-order valence-electron chi connectivity index (χ4n) is 4.52. The van der Waals surface area contributed by atoms with Crippen LogP contribution in [-0.4, -0.2) is 25.0 Å². The predicted octanol–water partition coefficient (Wildman–Crippen LogP) is 5.28. The lowest BCUT2D eigenvalue weighted by molar-refractivity contribution is 0.0520. The molecule has 1 aromatic heterocycles. The second kappa shape index (κ2) is 9.11. The molecule has 2 heterocycles. The first-order chi connectivity index (χ1) is 17.2. The molecule has 10 heteroatoms. The quantitative estimate of drug-likeness (QED) is 0.232. The molecule has 36 heavy (non-hydrogen) atoms. The SMILES string of the molecule is CCCc1cccc2c1OP2(=O)c1c(C(=O)OCC)n(S(=O)(=O)c2ccccc2)c2ccc(Cl)cc12. The van der Waals surface area contributed by atoms with Gasteiger partial charge in [0.2, 0.25) is 0 Å². The number of para-hydroxylation sites is 1. The van der Waals surface area contributed by atoms with Crippen LogP contribution in [0.5, 0.6) is 5.75 Å². The lowest BCUT2D eigenvalue weighted by Crippen LogP contribution is -2.35. The van der Waals surface area contributed by atoms with Crippen LogP contribution in [0.2, 0.25) is 5.02 Å². The van der Waals surface area contributed by atoms with E-state index in [9.17, 15) is 17.8 Å². The number of carbonyl (C=O) groups is 1. The molecule has 0 spiro atoms. The number of benzene rings is 3. The molecule has 5 rings (SSSR count). The number of esters is 1. The minimum atomic E-state index is -4.29. The molecule has 1 aliphatic rings. The van der Waals surface area contributed by atoms with Gasteiger partial charge in [0.25, 0.3) is 10.0 Å². The summed E-state index contributed by atoms with van der Waals surface area (Å²) >= 11 is 6.30. The number of aromatic nitrogens is 1. The van der Waals surface area contributed by atoms with Crippen molar-refractivity contribution in [2.45, 2.75) is 31.6 Å². The fraction of sp³-hybridized carbons (Fsp3) is 0.192. The van der Waals surface area contributed by atoms with Gasteiger partial charge < -0.3 is 9.26 Å². The van der Waals surface area contributed by atoms with Gasteiger partial charge >= 0.3 is 13.3 Å². The molecule has 0 N–H and O–H groups in total. The summed E-state index contributed by atoms with van der Waals surface area (Å²) in [5.74, 6) is -0.414. The van der Waals surface area contributed by atoms with Gasteiger partial charge in [-0.3, -0.25) is 4.57 Å². The minimum Gasteiger partial charge on any atom is -0.461 e. The first kappa shape index (κ1) is 24.6. The number of carbonyl (C=O) groups excluding carboxylic acids is 1. The molecule has 186 valence electrons. The van der Waals surface area contributed by atoms with E-state index in [1.807, 2.05) is 13.0 Å². The van der Waals surface area contributed by atoms with Gasteiger partial charge in [0.15, 0.2) is 5.69 Å². The van der Waals surface area contributed by atoms with Crippen LogP contribution in [0.25, 0.3) is 10.9 Å². The molecule has 0 saturated carbocycles. The van der Waals surface area contributed by atoms with Gasteiger partial charge in [0.1, 0.15) is 5.75 Å². The Hall–Kier alpha value is -3.06. The maximum Gasteiger partial charge on any atom is 0.356 e. The van der Waals surface area contributed by atoms with Crippen LogP contribution in [0.1, 0.15) is 36.3 Å². The monoisotopic (exact) mass is 543 g/mol. The van der Waals surface area contributed by atoms with E-state index >= 15 is 0 Å². The number of rotatable bonds is 7. The van der Waals surface area contributed by atoms with Crippen molar-refractivity contribution in [2.24, 2.45) is 0 Å². The van der Waals surface area contributed by atoms with Crippen LogP contribution < -0.4 is 15.1 Å². The van der Waals surface area contributed by atoms with Crippen molar-refractivity contribution >= 4 is 56.5 Å². The minimum absolute atomic E-state index is 0.00562. The van der Waals surface area contributed by atoms with Crippen LogP contribution in [0.4, 0.5) is 0 Å². The molecule has 0 amide bonds. The van der Waals surface area contributed by atoms with Crippen LogP contribution >= 0.6 is 19.0 Å². The standard InChI is InChI=1S/C26H23ClNO6PS/c1-3-9-17-10-8-13-22-24(17)34-35(22,30)25-20-16-18(27)14-15-21(20)28(23(25)26(29)33-4-2)36(31,32)19-11-6-5-7-12-19/h5-8,10-16H,3-4,9H2,1-2H3. The Bertz CT molecular complexity index is 1660. The lowest BCUT2D eigenvalue weighted by atomic mass is 10.1. The summed E-state index contributed by atoms with van der Waals surface area (Å²) in [6, 6.07) is 17.6. The van der Waals surface area contributed by atoms with E-state index in [0.717, 1.165) is 22.4 Å². The summed E-state index contributed by atoms with van der Waals surface area (Å²) in [7, 11) is -8.15. The van der Waals surface area contributed by atoms with Gasteiger partial charge in [0, 0.05) is 10.4 Å². The highest BCUT2D eigenvalue weighted by molar-refractivity contribution is 7.90. The van der Waals surface area contributed by atoms with E-state index in [-0.39, 0.29) is 33.4 Å². The van der Waals surface area contributed by atoms with Crippen molar-refractivity contribution in [1.82, 2.24) is 3.97 Å². The van der Waals surface area contributed by atoms with E-state index in [0.29, 0.717) is 16.1 Å². The molecule has 1 aliphatic heterocycles. The maximum atomic E-state index is 14.5. The van der Waals surface area contributed by atoms with Crippen LogP contribution in [0.15, 0.2) is 71.6 Å². The molecular formula is C26H23ClNO6PS. The number of aryl methyl sites for hydroxylation is 1. The van der Waals surface area contributed by atoms with E-state index in [1.165, 1.54) is 30.3 Å². The zero-order valence-corrected chi connectivity index (χ0v) is 22.1. The van der Waals surface area contributed by atoms with Crippen molar-refractivity contribution in [3.8, 4) is 5.75 Å². The van der Waals surface area contributed by atoms with Crippen molar-refractivity contribution in [3.63, 3.8) is 0 Å². The molecule has 1 atom stereocenters. The van der Waals surface area contributed by atoms with Crippen molar-refractivity contribution in [1.29, 1.82) is 0 Å². The van der Waals surface area contributed by atoms with Gasteiger partial charge in [-0.15, -0.1) is 0 Å². The molecule has 0 saturated heterocycles. The van der Waals surface area contributed by atoms with Gasteiger partial charge in [-0.05, 0) is 55.3 Å². The summed E-state index contributed by atoms with van der Waals surface area (Å²) in [4.78, 5) is 13.3. The second-order valence-electron chi connectivity index (χ2n) is 8.32. The first-order valence-electron chi connectivity index (χ1n) is 11.5. The number of nitrogens with zero attached hydrogens (tertiary/aromatic N) is 1. The average Bonchev–Trinajstić information content (AvgIpc) is 3.20. The van der Waals surface area contributed by atoms with Crippen molar-refractivity contribution in [2.75, 3.05) is 6.61 Å². The third kappa shape index (κ3) is 3.67. The van der Waals surface area contributed by atoms with Crippen LogP contribution in [0.3, 0.4) is 0 Å². The van der Waals surface area contributed by atoms with Gasteiger partial charge in [-0.2, -0.15) is 0 Å². The number of halogens is 1. The Morgan fingerprint density at radius 3 is 2.50 bits per heavy atom. The van der Waals surface area contributed by atoms with E-state index in [1.54, 1.807) is 37.3 Å². The molecule has 4 aromatic rings. The number of hydrogen-bond acceptors (Lipinski definition) is 6. The third-order valence-corrected chi connectivity index (χ3v) is 10.5. The predicted molar refractivity (Wildman–Crippen MR) is 140 cm³/mol. The fourth-order valence-corrected chi connectivity index (χ4v) is 8.78. The maximum absolute atomic E-state index is 14.5. The van der Waals surface area contributed by atoms with Gasteiger partial charge in [0.05, 0.1) is 27.6 Å². The zero-order chi connectivity index (χ0) is 25.7. The molecule has 3 aromatic carbocycles. The molecular weight excluding hydrogens is 521 g/mol. The number of fused-ring (bicyclic) bond motifs is 2. The summed E-state index contributed by atoms with van der Waals surface area (Å²) in [6.45, 7) is 3.64. The topological polar surface area (TPSA) is 91.7 Å². The molecule has 0 bridgehead atoms. The Morgan fingerprint density at radius 2 is 1.81 bits per heavy atom. The molecule has 7 nitrogen and oxygen atoms in total. The van der Waals surface area contributed by atoms with E-state index < -0.39 is 23.4 Å². The van der Waals surface area contributed by atoms with Crippen molar-refractivity contribution in [3.05, 3.63) is 83.0 Å². The van der Waals surface area contributed by atoms with Crippen LogP contribution in [-0.2, 0) is 25.7 Å². The summed E-state index contributed by atoms with van der Waals surface area (Å²) in [6.07, 6.45) is 1.59. The van der Waals surface area contributed by atoms with Crippen LogP contribution in [0, 0.1) is 0 Å². The summed E-state index contributed by atoms with van der Waals surface area (Å²) in [5, 5.41) is 0.953. The van der Waals surface area contributed by atoms with E-state index in [2.05, 4.69) is 0 Å². The summed E-state index contributed by atoms with van der Waals surface area (Å²) in [5.41, 5.74) is 0.698. The Kier molecular flexibility index (Phi) is 6.23. The zero-order valence-electron chi connectivity index (χ0n) is 19.6. The molecule has 0 aliphatic carbocycles. The Labute approximate surface area is 214 Å². The smallest absolute Gasteiger partial charge is 0.356 e. The Morgan fingerprint density at radius 1 is 1.06 bits per heavy atom. The van der Waals surface area contributed by atoms with E-state index in [4.69, 9.17) is 20.9 Å². The first-order valence-corrected chi connectivity index (χ1v) is 14.9. The number of hydrogen-bond donors (Lipinski definition) is 0. The largest absolute Gasteiger partial charge is 0.461 e. The number of ether oxygens (including phenoxy) is 1. The van der Waals surface area contributed by atoms with Gasteiger partial charge in [-0.1, -0.05) is 55.3 Å². The molecule has 0 fully saturated rings. The second-order valence-corrected chi connectivity index (χ2v) is 12.8. The lowest BCUT2D eigenvalue weighted by Gasteiger charge is -2.33. The highest BCUT2D eigenvalue weighted by Gasteiger charge is 2.50. The normalized spacial score (nSPS) is 16.8. The molecule has 1 unspecified atom stereocenters. The molecule has 0 radical (unpaired) electrons.